The molecule has 0 amide bonds. The van der Waals surface area contributed by atoms with Crippen LogP contribution in [0.5, 0.6) is 0 Å². The number of unbranched alkanes of at least 4 members (excludes halogenated alkanes) is 3. The van der Waals surface area contributed by atoms with Gasteiger partial charge in [0.15, 0.2) is 0 Å². The molecule has 0 N–H and O–H groups in total. The molecule has 0 aliphatic rings. The van der Waals surface area contributed by atoms with Crippen LogP contribution in [0.4, 0.5) is 0 Å². The summed E-state index contributed by atoms with van der Waals surface area (Å²) in [7, 11) is 0. The van der Waals surface area contributed by atoms with Crippen molar-refractivity contribution in [2.45, 2.75) is 89.3 Å². The maximum atomic E-state index is 2.60. The van der Waals surface area contributed by atoms with Crippen molar-refractivity contribution in [1.29, 1.82) is 0 Å². The quantitative estimate of drug-likeness (QED) is 0.271. The summed E-state index contributed by atoms with van der Waals surface area (Å²) < 4.78 is 6.44. The van der Waals surface area contributed by atoms with Gasteiger partial charge < -0.3 is 0 Å². The van der Waals surface area contributed by atoms with Crippen molar-refractivity contribution in [2.24, 2.45) is 0 Å². The van der Waals surface area contributed by atoms with E-state index >= 15 is 0 Å². The van der Waals surface area contributed by atoms with E-state index in [2.05, 4.69) is 76.2 Å². The second-order valence-corrected chi connectivity index (χ2v) is 22.2. The van der Waals surface area contributed by atoms with Gasteiger partial charge in [-0.15, -0.1) is 0 Å². The van der Waals surface area contributed by atoms with Gasteiger partial charge in [0.25, 0.3) is 0 Å². The third kappa shape index (κ3) is 6.85. The fraction of sp³-hybridized carbons (Fsp3) is 0.520. The molecule has 0 aliphatic heterocycles. The molecule has 0 radical (unpaired) electrons. The predicted octanol–water partition coefficient (Wildman–Crippen LogP) is 8.20. The van der Waals surface area contributed by atoms with Crippen molar-refractivity contribution in [1.82, 2.24) is 0 Å². The third-order valence-corrected chi connectivity index (χ3v) is 23.0. The van der Waals surface area contributed by atoms with Gasteiger partial charge in [0.2, 0.25) is 0 Å². The predicted molar refractivity (Wildman–Crippen MR) is 126 cm³/mol. The summed E-state index contributed by atoms with van der Waals surface area (Å²) in [6.45, 7) is 9.39. The van der Waals surface area contributed by atoms with E-state index in [9.17, 15) is 0 Å². The van der Waals surface area contributed by atoms with E-state index in [1.807, 2.05) is 15.3 Å². The summed E-state index contributed by atoms with van der Waals surface area (Å²) in [5.74, 6) is 0. The standard InChI is InChI=1S/C13H11S.3C4H9.Sn/c1-11-7-9-13(10-8-11)14-12-5-3-2-4-6-12;3*1-3-4-2;/h2-9H,1H3;3*1,3-4H2,2H3;. The molecule has 2 heteroatoms. The van der Waals surface area contributed by atoms with Crippen LogP contribution >= 0.6 is 11.8 Å². The Kier molecular flexibility index (Phi) is 10.3. The minimum absolute atomic E-state index is 1.34. The van der Waals surface area contributed by atoms with E-state index in [1.54, 1.807) is 4.90 Å². The molecule has 0 saturated carbocycles. The van der Waals surface area contributed by atoms with Gasteiger partial charge in [0.1, 0.15) is 0 Å². The fourth-order valence-corrected chi connectivity index (χ4v) is 23.4. The SMILES string of the molecule is CCC[CH2][Sn]([CH2]CCC)([CH2]CCC)[c]1cc(C)ccc1Sc1ccccc1. The minimum atomic E-state index is -2.42. The van der Waals surface area contributed by atoms with Crippen molar-refractivity contribution in [3.63, 3.8) is 0 Å². The summed E-state index contributed by atoms with van der Waals surface area (Å²) in [6, 6.07) is 18.3. The van der Waals surface area contributed by atoms with Crippen molar-refractivity contribution < 1.29 is 0 Å². The zero-order valence-corrected chi connectivity index (χ0v) is 21.6. The summed E-state index contributed by atoms with van der Waals surface area (Å²) in [4.78, 5) is 2.94. The Hall–Kier alpha value is -0.411. The third-order valence-electron chi connectivity index (χ3n) is 5.70. The molecule has 0 heterocycles. The number of hydrogen-bond acceptors (Lipinski definition) is 1. The van der Waals surface area contributed by atoms with Crippen LogP contribution in [0, 0.1) is 6.92 Å². The molecule has 0 bridgehead atoms. The van der Waals surface area contributed by atoms with E-state index in [-0.39, 0.29) is 0 Å². The molecule has 0 atom stereocenters. The molecule has 0 unspecified atom stereocenters. The molecule has 0 aromatic heterocycles. The van der Waals surface area contributed by atoms with Gasteiger partial charge >= 0.3 is 177 Å². The van der Waals surface area contributed by atoms with Crippen LogP contribution in [-0.2, 0) is 0 Å². The van der Waals surface area contributed by atoms with Crippen LogP contribution in [0.3, 0.4) is 0 Å². The zero-order valence-electron chi connectivity index (χ0n) is 17.9. The second-order valence-electron chi connectivity index (χ2n) is 8.01. The number of benzene rings is 2. The number of hydrogen-bond donors (Lipinski definition) is 0. The Labute approximate surface area is 176 Å². The molecule has 2 aromatic rings. The average Bonchev–Trinajstić information content (AvgIpc) is 2.70. The van der Waals surface area contributed by atoms with Gasteiger partial charge in [-0.3, -0.25) is 0 Å². The Morgan fingerprint density at radius 1 is 0.741 bits per heavy atom. The molecule has 2 rings (SSSR count). The fourth-order valence-electron chi connectivity index (χ4n) is 4.09. The molecule has 27 heavy (non-hydrogen) atoms. The summed E-state index contributed by atoms with van der Waals surface area (Å²) in [5.41, 5.74) is 1.45. The van der Waals surface area contributed by atoms with Gasteiger partial charge in [-0.1, -0.05) is 0 Å². The Bertz CT molecular complexity index is 644. The molecule has 0 saturated heterocycles. The summed E-state index contributed by atoms with van der Waals surface area (Å²) in [6.07, 6.45) is 8.28. The van der Waals surface area contributed by atoms with Crippen molar-refractivity contribution >= 4 is 33.7 Å². The maximum absolute atomic E-state index is 2.60. The molecule has 0 fully saturated rings. The van der Waals surface area contributed by atoms with Gasteiger partial charge in [-0.05, 0) is 0 Å². The topological polar surface area (TPSA) is 0 Å². The molecule has 0 aliphatic carbocycles. The molecule has 2 aromatic carbocycles. The second kappa shape index (κ2) is 12.2. The Morgan fingerprint density at radius 3 is 1.81 bits per heavy atom. The van der Waals surface area contributed by atoms with E-state index in [4.69, 9.17) is 0 Å². The zero-order chi connectivity index (χ0) is 19.5. The van der Waals surface area contributed by atoms with Crippen molar-refractivity contribution in [3.8, 4) is 0 Å². The monoisotopic (exact) mass is 490 g/mol. The van der Waals surface area contributed by atoms with Crippen LogP contribution in [0.2, 0.25) is 13.3 Å². The number of rotatable bonds is 12. The van der Waals surface area contributed by atoms with Gasteiger partial charge in [-0.25, -0.2) is 0 Å². The first kappa shape index (κ1) is 22.9. The molecule has 0 nitrogen and oxygen atoms in total. The van der Waals surface area contributed by atoms with E-state index in [1.165, 1.54) is 62.3 Å². The molecule has 0 spiro atoms. The van der Waals surface area contributed by atoms with Crippen LogP contribution in [-0.4, -0.2) is 18.4 Å². The summed E-state index contributed by atoms with van der Waals surface area (Å²) in [5, 5.41) is 0. The van der Waals surface area contributed by atoms with E-state index in [0.29, 0.717) is 0 Å². The van der Waals surface area contributed by atoms with Crippen LogP contribution in [0.1, 0.15) is 64.9 Å². The van der Waals surface area contributed by atoms with Crippen molar-refractivity contribution in [3.05, 3.63) is 54.1 Å². The Morgan fingerprint density at radius 2 is 1.30 bits per heavy atom. The van der Waals surface area contributed by atoms with Crippen LogP contribution in [0.15, 0.2) is 58.3 Å². The van der Waals surface area contributed by atoms with Gasteiger partial charge in [-0.2, -0.15) is 0 Å². The first-order valence-electron chi connectivity index (χ1n) is 11.0. The molecule has 148 valence electrons. The van der Waals surface area contributed by atoms with Gasteiger partial charge in [0.05, 0.1) is 0 Å². The average molecular weight is 489 g/mol. The van der Waals surface area contributed by atoms with Crippen LogP contribution < -0.4 is 3.58 Å². The van der Waals surface area contributed by atoms with Crippen molar-refractivity contribution in [2.75, 3.05) is 0 Å². The van der Waals surface area contributed by atoms with E-state index < -0.39 is 18.4 Å². The summed E-state index contributed by atoms with van der Waals surface area (Å²) >= 11 is -0.416. The first-order chi connectivity index (χ1) is 13.1. The van der Waals surface area contributed by atoms with Gasteiger partial charge in [0, 0.05) is 0 Å². The molecular formula is C25H38SSn. The molecular weight excluding hydrogens is 451 g/mol. The first-order valence-corrected chi connectivity index (χ1v) is 19.3. The van der Waals surface area contributed by atoms with Crippen LogP contribution in [0.25, 0.3) is 0 Å². The number of aryl methyl sites for hydroxylation is 1. The van der Waals surface area contributed by atoms with E-state index in [0.717, 1.165) is 0 Å². The normalized spacial score (nSPS) is 11.7. The Balaban J connectivity index is 2.48.